The van der Waals surface area contributed by atoms with E-state index in [0.717, 1.165) is 14.0 Å². The van der Waals surface area contributed by atoms with Crippen LogP contribution in [-0.4, -0.2) is 56.9 Å². The van der Waals surface area contributed by atoms with Gasteiger partial charge in [-0.3, -0.25) is 9.78 Å². The number of aliphatic hydroxyl groups is 1. The Bertz CT molecular complexity index is 1010. The van der Waals surface area contributed by atoms with Crippen LogP contribution in [0.5, 0.6) is 0 Å². The van der Waals surface area contributed by atoms with Crippen molar-refractivity contribution in [2.45, 2.75) is 19.4 Å². The summed E-state index contributed by atoms with van der Waals surface area (Å²) in [6.07, 6.45) is 1.59. The minimum absolute atomic E-state index is 0.176. The average Bonchev–Trinajstić information content (AvgIpc) is 3.04. The number of morpholine rings is 1. The van der Waals surface area contributed by atoms with Gasteiger partial charge in [0.15, 0.2) is 11.2 Å². The molecular weight excluding hydrogens is 386 g/mol. The molecule has 1 saturated heterocycles. The monoisotopic (exact) mass is 405 g/mol. The number of hydrogen-bond donors (Lipinski definition) is 2. The van der Waals surface area contributed by atoms with Crippen LogP contribution in [0.1, 0.15) is 19.5 Å². The van der Waals surface area contributed by atoms with Crippen LogP contribution in [0.15, 0.2) is 26.7 Å². The first-order valence-electron chi connectivity index (χ1n) is 8.45. The van der Waals surface area contributed by atoms with E-state index in [1.807, 2.05) is 4.90 Å². The van der Waals surface area contributed by atoms with E-state index in [0.29, 0.717) is 43.6 Å². The quantitative estimate of drug-likeness (QED) is 0.792. The standard InChI is InChI=1S/C17H19N5O3S2/c1-9-26-12(13(27-9)17(2,3)24)10-8-18-14-11(19-10)15(23)21-16(20-14)22-4-6-25-7-5-22/h8,24H,1,4-7H2,2-3H3,(H,18,20,21,23). The molecule has 2 aliphatic heterocycles. The summed E-state index contributed by atoms with van der Waals surface area (Å²) in [7, 11) is 0. The van der Waals surface area contributed by atoms with Crippen molar-refractivity contribution in [1.29, 1.82) is 0 Å². The van der Waals surface area contributed by atoms with Gasteiger partial charge in [-0.25, -0.2) is 9.97 Å². The number of anilines is 1. The Kier molecular flexibility index (Phi) is 4.75. The van der Waals surface area contributed by atoms with Crippen LogP contribution >= 0.6 is 23.5 Å². The van der Waals surface area contributed by atoms with Gasteiger partial charge in [0.2, 0.25) is 5.95 Å². The van der Waals surface area contributed by atoms with E-state index < -0.39 is 5.60 Å². The number of nitrogens with one attached hydrogen (secondary N) is 1. The van der Waals surface area contributed by atoms with Crippen LogP contribution in [0, 0.1) is 0 Å². The van der Waals surface area contributed by atoms with Gasteiger partial charge >= 0.3 is 0 Å². The minimum Gasteiger partial charge on any atom is -0.385 e. The normalized spacial score (nSPS) is 18.6. The third kappa shape index (κ3) is 3.62. The fourth-order valence-corrected chi connectivity index (χ4v) is 5.22. The van der Waals surface area contributed by atoms with E-state index in [4.69, 9.17) is 4.74 Å². The second kappa shape index (κ2) is 6.93. The van der Waals surface area contributed by atoms with Crippen molar-refractivity contribution in [3.8, 4) is 0 Å². The molecule has 0 aromatic carbocycles. The topological polar surface area (TPSA) is 104 Å². The van der Waals surface area contributed by atoms with E-state index in [9.17, 15) is 9.90 Å². The van der Waals surface area contributed by atoms with Crippen LogP contribution in [0.2, 0.25) is 0 Å². The van der Waals surface area contributed by atoms with Crippen molar-refractivity contribution >= 4 is 45.5 Å². The maximum atomic E-state index is 12.6. The van der Waals surface area contributed by atoms with Gasteiger partial charge in [-0.15, -0.1) is 0 Å². The molecule has 0 aliphatic carbocycles. The molecule has 27 heavy (non-hydrogen) atoms. The molecule has 0 bridgehead atoms. The van der Waals surface area contributed by atoms with Gasteiger partial charge in [-0.1, -0.05) is 30.1 Å². The van der Waals surface area contributed by atoms with E-state index in [2.05, 4.69) is 26.5 Å². The maximum Gasteiger partial charge on any atom is 0.280 e. The largest absolute Gasteiger partial charge is 0.385 e. The second-order valence-corrected chi connectivity index (χ2v) is 9.18. The van der Waals surface area contributed by atoms with Crippen molar-refractivity contribution in [1.82, 2.24) is 19.9 Å². The lowest BCUT2D eigenvalue weighted by atomic mass is 10.1. The number of thioether (sulfide) groups is 2. The van der Waals surface area contributed by atoms with E-state index >= 15 is 0 Å². The third-order valence-electron chi connectivity index (χ3n) is 4.14. The third-order valence-corrected chi connectivity index (χ3v) is 6.75. The molecule has 0 spiro atoms. The Hall–Kier alpha value is -1.88. The molecule has 142 valence electrons. The molecule has 0 unspecified atom stereocenters. The number of H-pyrrole nitrogens is 1. The SMILES string of the molecule is C=C1SC(c2cnc3nc(N4CCOCC4)[nH]c(=O)c3n2)=C(C(C)(C)O)S1. The van der Waals surface area contributed by atoms with Gasteiger partial charge in [0, 0.05) is 22.2 Å². The van der Waals surface area contributed by atoms with Gasteiger partial charge < -0.3 is 14.7 Å². The Morgan fingerprint density at radius 2 is 2.04 bits per heavy atom. The molecule has 8 nitrogen and oxygen atoms in total. The maximum absolute atomic E-state index is 12.6. The molecule has 2 aromatic heterocycles. The van der Waals surface area contributed by atoms with E-state index in [1.54, 1.807) is 20.0 Å². The molecule has 0 amide bonds. The molecule has 0 saturated carbocycles. The zero-order chi connectivity index (χ0) is 19.2. The second-order valence-electron chi connectivity index (χ2n) is 6.71. The first-order valence-corrected chi connectivity index (χ1v) is 10.1. The average molecular weight is 406 g/mol. The summed E-state index contributed by atoms with van der Waals surface area (Å²) in [5.74, 6) is 0.480. The van der Waals surface area contributed by atoms with Crippen LogP contribution in [0.25, 0.3) is 16.1 Å². The number of nitrogens with zero attached hydrogens (tertiary/aromatic N) is 4. The summed E-state index contributed by atoms with van der Waals surface area (Å²) in [5.41, 5.74) is -0.370. The van der Waals surface area contributed by atoms with Gasteiger partial charge in [-0.2, -0.15) is 4.98 Å². The van der Waals surface area contributed by atoms with Gasteiger partial charge in [0.1, 0.15) is 0 Å². The van der Waals surface area contributed by atoms with Crippen molar-refractivity contribution in [2.75, 3.05) is 31.2 Å². The predicted octanol–water partition coefficient (Wildman–Crippen LogP) is 1.94. The molecule has 0 atom stereocenters. The molecular formula is C17H19N5O3S2. The Labute approximate surface area is 164 Å². The summed E-state index contributed by atoms with van der Waals surface area (Å²) >= 11 is 2.84. The Morgan fingerprint density at radius 3 is 2.74 bits per heavy atom. The number of aromatic amines is 1. The smallest absolute Gasteiger partial charge is 0.280 e. The number of ether oxygens (including phenoxy) is 1. The Morgan fingerprint density at radius 1 is 1.30 bits per heavy atom. The molecule has 0 radical (unpaired) electrons. The molecule has 4 rings (SSSR count). The van der Waals surface area contributed by atoms with Crippen molar-refractivity contribution in [3.63, 3.8) is 0 Å². The lowest BCUT2D eigenvalue weighted by molar-refractivity contribution is 0.122. The number of aromatic nitrogens is 4. The summed E-state index contributed by atoms with van der Waals surface area (Å²) in [6, 6.07) is 0. The first-order chi connectivity index (χ1) is 12.8. The van der Waals surface area contributed by atoms with Crippen molar-refractivity contribution < 1.29 is 9.84 Å². The highest BCUT2D eigenvalue weighted by Crippen LogP contribution is 2.55. The zero-order valence-corrected chi connectivity index (χ0v) is 16.6. The van der Waals surface area contributed by atoms with Gasteiger partial charge in [-0.05, 0) is 13.8 Å². The lowest BCUT2D eigenvalue weighted by Gasteiger charge is -2.27. The Balaban J connectivity index is 1.78. The highest BCUT2D eigenvalue weighted by molar-refractivity contribution is 8.31. The van der Waals surface area contributed by atoms with Gasteiger partial charge in [0.25, 0.3) is 5.56 Å². The van der Waals surface area contributed by atoms with Gasteiger partial charge in [0.05, 0.1) is 35.6 Å². The molecule has 2 aliphatic rings. The summed E-state index contributed by atoms with van der Waals surface area (Å²) < 4.78 is 6.18. The van der Waals surface area contributed by atoms with Crippen molar-refractivity contribution in [2.24, 2.45) is 0 Å². The highest BCUT2D eigenvalue weighted by Gasteiger charge is 2.32. The van der Waals surface area contributed by atoms with Crippen LogP contribution in [0.4, 0.5) is 5.95 Å². The number of rotatable bonds is 3. The van der Waals surface area contributed by atoms with Crippen LogP contribution < -0.4 is 10.5 Å². The van der Waals surface area contributed by atoms with Crippen molar-refractivity contribution in [3.05, 3.63) is 38.0 Å². The minimum atomic E-state index is -1.03. The fraction of sp³-hybridized carbons (Fsp3) is 0.412. The molecule has 2 N–H and O–H groups in total. The highest BCUT2D eigenvalue weighted by atomic mass is 32.2. The van der Waals surface area contributed by atoms with Crippen LogP contribution in [0.3, 0.4) is 0 Å². The molecule has 1 fully saturated rings. The molecule has 10 heteroatoms. The predicted molar refractivity (Wildman–Crippen MR) is 109 cm³/mol. The summed E-state index contributed by atoms with van der Waals surface area (Å²) in [6.45, 7) is 9.92. The summed E-state index contributed by atoms with van der Waals surface area (Å²) in [5, 5.41) is 10.4. The number of fused-ring (bicyclic) bond motifs is 1. The number of hydrogen-bond acceptors (Lipinski definition) is 9. The fourth-order valence-electron chi connectivity index (χ4n) is 2.85. The molecule has 4 heterocycles. The zero-order valence-electron chi connectivity index (χ0n) is 15.0. The van der Waals surface area contributed by atoms with Crippen LogP contribution in [-0.2, 0) is 4.74 Å². The lowest BCUT2D eigenvalue weighted by Crippen LogP contribution is -2.38. The summed E-state index contributed by atoms with van der Waals surface area (Å²) in [4.78, 5) is 32.2. The van der Waals surface area contributed by atoms with E-state index in [-0.39, 0.29) is 11.1 Å². The molecule has 2 aromatic rings. The first kappa shape index (κ1) is 18.5. The van der Waals surface area contributed by atoms with E-state index in [1.165, 1.54) is 23.5 Å².